The second kappa shape index (κ2) is 7.04. The first-order chi connectivity index (χ1) is 9.54. The zero-order valence-corrected chi connectivity index (χ0v) is 12.3. The molecule has 1 atom stereocenters. The topological polar surface area (TPSA) is 64.1 Å². The van der Waals surface area contributed by atoms with Crippen LogP contribution in [0.4, 0.5) is 0 Å². The van der Waals surface area contributed by atoms with E-state index in [4.69, 9.17) is 5.11 Å². The lowest BCUT2D eigenvalue weighted by molar-refractivity contribution is -0.139. The molecular formula is C14H25N3O3. The van der Waals surface area contributed by atoms with Gasteiger partial charge in [0.2, 0.25) is 5.91 Å². The van der Waals surface area contributed by atoms with Crippen molar-refractivity contribution in [3.05, 3.63) is 0 Å². The van der Waals surface area contributed by atoms with Gasteiger partial charge < -0.3 is 10.0 Å². The number of piperidine rings is 1. The minimum atomic E-state index is -0.781. The largest absolute Gasteiger partial charge is 0.480 e. The summed E-state index contributed by atoms with van der Waals surface area (Å²) < 4.78 is 0. The van der Waals surface area contributed by atoms with Crippen LogP contribution in [0.2, 0.25) is 0 Å². The molecule has 6 heteroatoms. The average molecular weight is 283 g/mol. The van der Waals surface area contributed by atoms with E-state index in [9.17, 15) is 9.59 Å². The summed E-state index contributed by atoms with van der Waals surface area (Å²) in [5.41, 5.74) is 0. The van der Waals surface area contributed by atoms with Gasteiger partial charge in [0.1, 0.15) is 0 Å². The van der Waals surface area contributed by atoms with Crippen molar-refractivity contribution in [3.8, 4) is 0 Å². The number of nitrogens with zero attached hydrogens (tertiary/aromatic N) is 3. The van der Waals surface area contributed by atoms with Crippen molar-refractivity contribution in [2.75, 3.05) is 52.4 Å². The van der Waals surface area contributed by atoms with E-state index in [1.807, 2.05) is 9.80 Å². The number of piperazine rings is 1. The maximum Gasteiger partial charge on any atom is 0.317 e. The summed E-state index contributed by atoms with van der Waals surface area (Å²) in [6, 6.07) is 0. The van der Waals surface area contributed by atoms with Gasteiger partial charge >= 0.3 is 5.97 Å². The molecule has 20 heavy (non-hydrogen) atoms. The number of hydrogen-bond acceptors (Lipinski definition) is 4. The zero-order valence-electron chi connectivity index (χ0n) is 12.3. The number of carbonyl (C=O) groups is 2. The summed E-state index contributed by atoms with van der Waals surface area (Å²) in [4.78, 5) is 28.9. The third-order valence-electron chi connectivity index (χ3n) is 4.19. The van der Waals surface area contributed by atoms with Crippen LogP contribution in [0, 0.1) is 5.92 Å². The number of amides is 1. The van der Waals surface area contributed by atoms with E-state index in [0.29, 0.717) is 12.5 Å². The Morgan fingerprint density at radius 1 is 1.05 bits per heavy atom. The van der Waals surface area contributed by atoms with E-state index in [2.05, 4.69) is 11.8 Å². The summed E-state index contributed by atoms with van der Waals surface area (Å²) >= 11 is 0. The Morgan fingerprint density at radius 3 is 2.20 bits per heavy atom. The van der Waals surface area contributed by atoms with Gasteiger partial charge in [0.25, 0.3) is 0 Å². The molecule has 114 valence electrons. The van der Waals surface area contributed by atoms with Gasteiger partial charge in [-0.1, -0.05) is 6.92 Å². The highest BCUT2D eigenvalue weighted by Crippen LogP contribution is 2.15. The molecule has 2 heterocycles. The number of carboxylic acids is 1. The van der Waals surface area contributed by atoms with E-state index in [0.717, 1.165) is 45.7 Å². The molecule has 2 aliphatic rings. The molecule has 6 nitrogen and oxygen atoms in total. The average Bonchev–Trinajstić information content (AvgIpc) is 2.40. The molecule has 0 aliphatic carbocycles. The monoisotopic (exact) mass is 283 g/mol. The van der Waals surface area contributed by atoms with Crippen LogP contribution in [0.5, 0.6) is 0 Å². The highest BCUT2D eigenvalue weighted by Gasteiger charge is 2.25. The van der Waals surface area contributed by atoms with E-state index in [-0.39, 0.29) is 12.5 Å². The molecule has 2 saturated heterocycles. The maximum atomic E-state index is 12.2. The normalized spacial score (nSPS) is 25.6. The van der Waals surface area contributed by atoms with Gasteiger partial charge in [-0.25, -0.2) is 0 Å². The van der Waals surface area contributed by atoms with Crippen molar-refractivity contribution in [2.45, 2.75) is 19.8 Å². The zero-order chi connectivity index (χ0) is 14.5. The van der Waals surface area contributed by atoms with E-state index in [1.165, 1.54) is 6.42 Å². The summed E-state index contributed by atoms with van der Waals surface area (Å²) in [5, 5.41) is 8.76. The third-order valence-corrected chi connectivity index (χ3v) is 4.19. The molecule has 1 unspecified atom stereocenters. The highest BCUT2D eigenvalue weighted by atomic mass is 16.4. The summed E-state index contributed by atoms with van der Waals surface area (Å²) in [6.45, 7) is 7.58. The molecule has 2 aliphatic heterocycles. The van der Waals surface area contributed by atoms with Gasteiger partial charge in [0.15, 0.2) is 0 Å². The van der Waals surface area contributed by atoms with Crippen LogP contribution in [-0.4, -0.2) is 84.0 Å². The predicted molar refractivity (Wildman–Crippen MR) is 75.5 cm³/mol. The van der Waals surface area contributed by atoms with Gasteiger partial charge in [-0.05, 0) is 18.8 Å². The number of carbonyl (C=O) groups excluding carboxylic acids is 1. The van der Waals surface area contributed by atoms with Crippen LogP contribution in [0.15, 0.2) is 0 Å². The number of rotatable bonds is 4. The van der Waals surface area contributed by atoms with Crippen LogP contribution in [0.3, 0.4) is 0 Å². The van der Waals surface area contributed by atoms with Crippen molar-refractivity contribution in [1.29, 1.82) is 0 Å². The van der Waals surface area contributed by atoms with E-state index >= 15 is 0 Å². The number of likely N-dealkylation sites (tertiary alicyclic amines) is 1. The van der Waals surface area contributed by atoms with Crippen molar-refractivity contribution < 1.29 is 14.7 Å². The van der Waals surface area contributed by atoms with Gasteiger partial charge in [0, 0.05) is 39.3 Å². The first-order valence-corrected chi connectivity index (χ1v) is 7.49. The number of hydrogen-bond donors (Lipinski definition) is 1. The lowest BCUT2D eigenvalue weighted by Crippen LogP contribution is -2.51. The lowest BCUT2D eigenvalue weighted by atomic mass is 10.0. The smallest absolute Gasteiger partial charge is 0.317 e. The quantitative estimate of drug-likeness (QED) is 0.783. The third kappa shape index (κ3) is 4.45. The van der Waals surface area contributed by atoms with Gasteiger partial charge in [-0.3, -0.25) is 19.4 Å². The molecule has 2 fully saturated rings. The molecule has 0 radical (unpaired) electrons. The predicted octanol–water partition coefficient (Wildman–Crippen LogP) is -0.0529. The number of carboxylic acid groups (broad SMARTS) is 1. The minimum Gasteiger partial charge on any atom is -0.480 e. The maximum absolute atomic E-state index is 12.2. The van der Waals surface area contributed by atoms with Gasteiger partial charge in [-0.15, -0.1) is 0 Å². The summed E-state index contributed by atoms with van der Waals surface area (Å²) in [5.74, 6) is 0.0557. The molecule has 1 amide bonds. The standard InChI is InChI=1S/C14H25N3O3/c1-12-3-2-4-17(9-12)13(18)10-15-5-7-16(8-6-15)11-14(19)20/h12H,2-11H2,1H3,(H,19,20). The summed E-state index contributed by atoms with van der Waals surface area (Å²) in [6.07, 6.45) is 2.33. The number of aliphatic carboxylic acids is 1. The molecular weight excluding hydrogens is 258 g/mol. The SMILES string of the molecule is CC1CCCN(C(=O)CN2CCN(CC(=O)O)CC2)C1. The van der Waals surface area contributed by atoms with E-state index in [1.54, 1.807) is 0 Å². The highest BCUT2D eigenvalue weighted by molar-refractivity contribution is 5.78. The van der Waals surface area contributed by atoms with Gasteiger partial charge in [-0.2, -0.15) is 0 Å². The first-order valence-electron chi connectivity index (χ1n) is 7.49. The Hall–Kier alpha value is -1.14. The van der Waals surface area contributed by atoms with Crippen molar-refractivity contribution in [1.82, 2.24) is 14.7 Å². The fraction of sp³-hybridized carbons (Fsp3) is 0.857. The van der Waals surface area contributed by atoms with Crippen LogP contribution in [0.1, 0.15) is 19.8 Å². The second-order valence-corrected chi connectivity index (χ2v) is 6.03. The molecule has 0 bridgehead atoms. The molecule has 1 N–H and O–H groups in total. The first kappa shape index (κ1) is 15.3. The fourth-order valence-corrected chi connectivity index (χ4v) is 3.00. The molecule has 0 spiro atoms. The fourth-order valence-electron chi connectivity index (χ4n) is 3.00. The van der Waals surface area contributed by atoms with E-state index < -0.39 is 5.97 Å². The molecule has 2 rings (SSSR count). The summed E-state index contributed by atoms with van der Waals surface area (Å²) in [7, 11) is 0. The lowest BCUT2D eigenvalue weighted by Gasteiger charge is -2.36. The Kier molecular flexibility index (Phi) is 5.37. The Labute approximate surface area is 120 Å². The Morgan fingerprint density at radius 2 is 1.65 bits per heavy atom. The van der Waals surface area contributed by atoms with Crippen LogP contribution in [0.25, 0.3) is 0 Å². The van der Waals surface area contributed by atoms with Gasteiger partial charge in [0.05, 0.1) is 13.1 Å². The molecule has 0 aromatic heterocycles. The molecule has 0 aromatic rings. The van der Waals surface area contributed by atoms with Crippen LogP contribution >= 0.6 is 0 Å². The minimum absolute atomic E-state index is 0.103. The van der Waals surface area contributed by atoms with Crippen LogP contribution < -0.4 is 0 Å². The molecule has 0 aromatic carbocycles. The Bertz CT molecular complexity index is 354. The van der Waals surface area contributed by atoms with Crippen molar-refractivity contribution in [3.63, 3.8) is 0 Å². The van der Waals surface area contributed by atoms with Crippen molar-refractivity contribution in [2.24, 2.45) is 5.92 Å². The molecule has 0 saturated carbocycles. The van der Waals surface area contributed by atoms with Crippen molar-refractivity contribution >= 4 is 11.9 Å². The van der Waals surface area contributed by atoms with Crippen LogP contribution in [-0.2, 0) is 9.59 Å². The second-order valence-electron chi connectivity index (χ2n) is 6.03. The Balaban J connectivity index is 1.72.